The second-order valence-electron chi connectivity index (χ2n) is 4.82. The molecule has 1 unspecified atom stereocenters. The highest BCUT2D eigenvalue weighted by molar-refractivity contribution is 5.72. The molecular weight excluding hydrogens is 250 g/mol. The normalized spacial score (nSPS) is 16.8. The first-order valence-corrected chi connectivity index (χ1v) is 6.63. The number of anilines is 2. The fourth-order valence-corrected chi connectivity index (χ4v) is 2.76. The Morgan fingerprint density at radius 2 is 2.20 bits per heavy atom. The molecule has 1 aromatic carbocycles. The predicted octanol–water partition coefficient (Wildman–Crippen LogP) is 1.93. The average molecular weight is 265 g/mol. The summed E-state index contributed by atoms with van der Waals surface area (Å²) in [6.07, 6.45) is 2.47. The van der Waals surface area contributed by atoms with Gasteiger partial charge in [0.2, 0.25) is 0 Å². The first kappa shape index (κ1) is 12.6. The summed E-state index contributed by atoms with van der Waals surface area (Å²) in [4.78, 5) is 2.07. The summed E-state index contributed by atoms with van der Waals surface area (Å²) in [5, 5.41) is 17.3. The van der Waals surface area contributed by atoms with Crippen molar-refractivity contribution in [3.63, 3.8) is 0 Å². The van der Waals surface area contributed by atoms with Gasteiger partial charge in [0, 0.05) is 18.2 Å². The van der Waals surface area contributed by atoms with E-state index >= 15 is 0 Å². The molecule has 3 rings (SSSR count). The van der Waals surface area contributed by atoms with Gasteiger partial charge in [-0.3, -0.25) is 0 Å². The molecule has 0 fully saturated rings. The molecule has 5 nitrogen and oxygen atoms in total. The minimum Gasteiger partial charge on any atom is -0.330 e. The highest BCUT2D eigenvalue weighted by Gasteiger charge is 2.30. The van der Waals surface area contributed by atoms with Crippen molar-refractivity contribution in [1.29, 1.82) is 5.26 Å². The summed E-state index contributed by atoms with van der Waals surface area (Å²) in [6.45, 7) is 1.45. The Labute approximate surface area is 117 Å². The van der Waals surface area contributed by atoms with Crippen LogP contribution in [0.25, 0.3) is 0 Å². The molecule has 0 saturated heterocycles. The lowest BCUT2D eigenvalue weighted by Gasteiger charge is -2.19. The van der Waals surface area contributed by atoms with E-state index in [9.17, 15) is 5.26 Å². The Morgan fingerprint density at radius 1 is 1.35 bits per heavy atom. The zero-order valence-corrected chi connectivity index (χ0v) is 11.0. The molecule has 2 heterocycles. The van der Waals surface area contributed by atoms with Crippen LogP contribution in [0.5, 0.6) is 0 Å². The van der Waals surface area contributed by atoms with Gasteiger partial charge in [-0.05, 0) is 30.7 Å². The van der Waals surface area contributed by atoms with E-state index in [4.69, 9.17) is 5.73 Å². The van der Waals surface area contributed by atoms with Crippen molar-refractivity contribution < 1.29 is 0 Å². The highest BCUT2D eigenvalue weighted by atomic mass is 15.3. The number of hydrogen-bond donors (Lipinski definition) is 1. The van der Waals surface area contributed by atoms with E-state index in [-0.39, 0.29) is 0 Å². The van der Waals surface area contributed by atoms with Gasteiger partial charge in [-0.25, -0.2) is 0 Å². The third-order valence-corrected chi connectivity index (χ3v) is 3.66. The topological polar surface area (TPSA) is 78.8 Å². The summed E-state index contributed by atoms with van der Waals surface area (Å²) >= 11 is 0. The molecule has 2 aromatic rings. The fraction of sp³-hybridized carbons (Fsp3) is 0.267. The van der Waals surface area contributed by atoms with Crippen molar-refractivity contribution in [2.45, 2.75) is 12.3 Å². The number of benzene rings is 1. The van der Waals surface area contributed by atoms with Crippen LogP contribution in [0, 0.1) is 11.3 Å². The Morgan fingerprint density at radius 3 is 3.00 bits per heavy atom. The number of rotatable bonds is 3. The lowest BCUT2D eigenvalue weighted by Crippen LogP contribution is -2.19. The number of nitrogens with two attached hydrogens (primary N) is 1. The zero-order chi connectivity index (χ0) is 13.9. The minimum absolute atomic E-state index is 0.379. The molecule has 0 aliphatic carbocycles. The molecule has 20 heavy (non-hydrogen) atoms. The first-order chi connectivity index (χ1) is 9.85. The number of aromatic nitrogens is 2. The highest BCUT2D eigenvalue weighted by Crippen LogP contribution is 2.41. The van der Waals surface area contributed by atoms with Gasteiger partial charge in [0.25, 0.3) is 0 Å². The zero-order valence-electron chi connectivity index (χ0n) is 11.0. The van der Waals surface area contributed by atoms with Crippen LogP contribution in [0.3, 0.4) is 0 Å². The van der Waals surface area contributed by atoms with E-state index in [0.717, 1.165) is 18.7 Å². The Kier molecular flexibility index (Phi) is 3.32. The van der Waals surface area contributed by atoms with Crippen LogP contribution in [-0.4, -0.2) is 23.3 Å². The van der Waals surface area contributed by atoms with Crippen LogP contribution >= 0.6 is 0 Å². The second-order valence-corrected chi connectivity index (χ2v) is 4.82. The van der Waals surface area contributed by atoms with Gasteiger partial charge >= 0.3 is 0 Å². The third-order valence-electron chi connectivity index (χ3n) is 3.66. The Hall–Kier alpha value is -2.45. The van der Waals surface area contributed by atoms with E-state index in [0.29, 0.717) is 23.8 Å². The van der Waals surface area contributed by atoms with Crippen LogP contribution in [-0.2, 0) is 0 Å². The van der Waals surface area contributed by atoms with Crippen LogP contribution in [0.4, 0.5) is 11.5 Å². The van der Waals surface area contributed by atoms with Crippen molar-refractivity contribution in [2.24, 2.45) is 5.73 Å². The summed E-state index contributed by atoms with van der Waals surface area (Å²) in [6, 6.07) is 12.1. The number of nitriles is 1. The number of fused-ring (bicyclic) bond motifs is 1. The fourth-order valence-electron chi connectivity index (χ4n) is 2.76. The van der Waals surface area contributed by atoms with Gasteiger partial charge in [-0.2, -0.15) is 10.4 Å². The molecule has 100 valence electrons. The Balaban J connectivity index is 2.06. The predicted molar refractivity (Wildman–Crippen MR) is 76.6 cm³/mol. The number of para-hydroxylation sites is 1. The molecule has 0 bridgehead atoms. The minimum atomic E-state index is 0.379. The van der Waals surface area contributed by atoms with Crippen molar-refractivity contribution in [3.05, 3.63) is 47.7 Å². The second kappa shape index (κ2) is 5.27. The van der Waals surface area contributed by atoms with Gasteiger partial charge in [-0.1, -0.05) is 18.2 Å². The van der Waals surface area contributed by atoms with E-state index in [1.165, 1.54) is 5.56 Å². The molecule has 0 amide bonds. The number of hydrogen-bond acceptors (Lipinski definition) is 5. The summed E-state index contributed by atoms with van der Waals surface area (Å²) in [5.41, 5.74) is 8.62. The Bertz CT molecular complexity index is 661. The number of nitrogens with zero attached hydrogens (tertiary/aromatic N) is 4. The smallest absolute Gasteiger partial charge is 0.173 e. The van der Waals surface area contributed by atoms with Crippen molar-refractivity contribution in [3.8, 4) is 6.07 Å². The van der Waals surface area contributed by atoms with Crippen molar-refractivity contribution >= 4 is 11.5 Å². The van der Waals surface area contributed by atoms with Gasteiger partial charge in [0.1, 0.15) is 6.07 Å². The molecule has 1 aliphatic heterocycles. The van der Waals surface area contributed by atoms with Crippen molar-refractivity contribution in [2.75, 3.05) is 18.0 Å². The summed E-state index contributed by atoms with van der Waals surface area (Å²) in [5.74, 6) is 1.01. The molecule has 0 saturated carbocycles. The first-order valence-electron chi connectivity index (χ1n) is 6.63. The van der Waals surface area contributed by atoms with Crippen LogP contribution in [0.1, 0.15) is 23.5 Å². The van der Waals surface area contributed by atoms with Crippen LogP contribution < -0.4 is 10.6 Å². The van der Waals surface area contributed by atoms with Gasteiger partial charge in [0.15, 0.2) is 5.82 Å². The average Bonchev–Trinajstić information content (AvgIpc) is 2.87. The molecule has 2 N–H and O–H groups in total. The molecule has 0 spiro atoms. The standard InChI is InChI=1S/C15H15N5/c16-7-5-12-10-20(14-4-2-1-3-13(12)14)15-11(9-17)6-8-18-19-15/h1-4,6,8,12H,5,7,10,16H2. The molecular formula is C15H15N5. The molecule has 0 radical (unpaired) electrons. The van der Waals surface area contributed by atoms with Gasteiger partial charge in [-0.15, -0.1) is 5.10 Å². The summed E-state index contributed by atoms with van der Waals surface area (Å²) in [7, 11) is 0. The van der Waals surface area contributed by atoms with E-state index in [1.807, 2.05) is 12.1 Å². The van der Waals surface area contributed by atoms with Gasteiger partial charge < -0.3 is 10.6 Å². The molecule has 1 aliphatic rings. The lowest BCUT2D eigenvalue weighted by atomic mass is 9.98. The maximum Gasteiger partial charge on any atom is 0.173 e. The molecule has 1 atom stereocenters. The maximum atomic E-state index is 9.23. The van der Waals surface area contributed by atoms with Gasteiger partial charge in [0.05, 0.1) is 11.8 Å². The summed E-state index contributed by atoms with van der Waals surface area (Å²) < 4.78 is 0. The monoisotopic (exact) mass is 265 g/mol. The van der Waals surface area contributed by atoms with Crippen LogP contribution in [0.2, 0.25) is 0 Å². The SMILES string of the molecule is N#Cc1ccnnc1N1CC(CCN)c2ccccc21. The maximum absolute atomic E-state index is 9.23. The lowest BCUT2D eigenvalue weighted by molar-refractivity contribution is 0.665. The van der Waals surface area contributed by atoms with E-state index < -0.39 is 0 Å². The van der Waals surface area contributed by atoms with Crippen LogP contribution in [0.15, 0.2) is 36.5 Å². The van der Waals surface area contributed by atoms with E-state index in [1.54, 1.807) is 12.3 Å². The third kappa shape index (κ3) is 2.00. The van der Waals surface area contributed by atoms with E-state index in [2.05, 4.69) is 33.3 Å². The largest absolute Gasteiger partial charge is 0.330 e. The molecule has 5 heteroatoms. The quantitative estimate of drug-likeness (QED) is 0.917. The molecule has 1 aromatic heterocycles. The van der Waals surface area contributed by atoms with Crippen molar-refractivity contribution in [1.82, 2.24) is 10.2 Å².